The first kappa shape index (κ1) is 18.0. The number of fused-ring (bicyclic) bond motifs is 1. The molecule has 0 saturated carbocycles. The van der Waals surface area contributed by atoms with Crippen LogP contribution in [0.1, 0.15) is 29.3 Å². The van der Waals surface area contributed by atoms with E-state index in [1.807, 2.05) is 48.7 Å². The highest BCUT2D eigenvalue weighted by atomic mass is 16.2. The predicted molar refractivity (Wildman–Crippen MR) is 107 cm³/mol. The number of hydrogen-bond donors (Lipinski definition) is 2. The van der Waals surface area contributed by atoms with Gasteiger partial charge in [-0.1, -0.05) is 48.5 Å². The van der Waals surface area contributed by atoms with Crippen LogP contribution in [-0.4, -0.2) is 27.9 Å². The summed E-state index contributed by atoms with van der Waals surface area (Å²) < 4.78 is 2.09. The molecule has 4 rings (SSSR count). The van der Waals surface area contributed by atoms with E-state index in [-0.39, 0.29) is 18.2 Å². The van der Waals surface area contributed by atoms with Crippen LogP contribution in [-0.2, 0) is 22.6 Å². The normalized spacial score (nSPS) is 15.6. The Morgan fingerprint density at radius 1 is 1.14 bits per heavy atom. The highest BCUT2D eigenvalue weighted by Gasteiger charge is 2.30. The van der Waals surface area contributed by atoms with E-state index in [1.54, 1.807) is 6.20 Å². The van der Waals surface area contributed by atoms with Gasteiger partial charge in [0.15, 0.2) is 0 Å². The Balaban J connectivity index is 1.37. The molecule has 2 aromatic carbocycles. The number of amides is 2. The summed E-state index contributed by atoms with van der Waals surface area (Å²) in [5.74, 6) is 0.223. The molecule has 1 aromatic heterocycles. The van der Waals surface area contributed by atoms with Crippen LogP contribution in [0.25, 0.3) is 0 Å². The van der Waals surface area contributed by atoms with Crippen molar-refractivity contribution in [3.05, 3.63) is 83.9 Å². The fraction of sp³-hybridized carbons (Fsp3) is 0.227. The molecule has 1 aliphatic rings. The molecular formula is C22H22N4O2. The zero-order valence-electron chi connectivity index (χ0n) is 15.5. The Morgan fingerprint density at radius 3 is 2.79 bits per heavy atom. The summed E-state index contributed by atoms with van der Waals surface area (Å²) in [6.07, 6.45) is 4.53. The maximum Gasteiger partial charge on any atom is 0.228 e. The molecular weight excluding hydrogens is 352 g/mol. The SMILES string of the molecule is O=C1CC(C(=O)NCCc2nccn2Cc2ccccc2)c2ccccc2N1. The maximum atomic E-state index is 12.7. The van der Waals surface area contributed by atoms with Crippen LogP contribution in [0.3, 0.4) is 0 Å². The Bertz CT molecular complexity index is 981. The van der Waals surface area contributed by atoms with E-state index >= 15 is 0 Å². The minimum atomic E-state index is -0.450. The van der Waals surface area contributed by atoms with Crippen LogP contribution in [0, 0.1) is 0 Å². The second kappa shape index (κ2) is 8.08. The van der Waals surface area contributed by atoms with E-state index in [0.29, 0.717) is 13.0 Å². The zero-order chi connectivity index (χ0) is 19.3. The quantitative estimate of drug-likeness (QED) is 0.697. The van der Waals surface area contributed by atoms with Gasteiger partial charge in [-0.2, -0.15) is 0 Å². The van der Waals surface area contributed by atoms with Gasteiger partial charge in [-0.25, -0.2) is 4.98 Å². The summed E-state index contributed by atoms with van der Waals surface area (Å²) in [4.78, 5) is 29.0. The molecule has 0 spiro atoms. The van der Waals surface area contributed by atoms with Gasteiger partial charge in [0.25, 0.3) is 0 Å². The Kier molecular flexibility index (Phi) is 5.19. The molecule has 3 aromatic rings. The number of carbonyl (C=O) groups excluding carboxylic acids is 2. The molecule has 2 amide bonds. The second-order valence-corrected chi connectivity index (χ2v) is 6.89. The lowest BCUT2D eigenvalue weighted by Gasteiger charge is -2.24. The van der Waals surface area contributed by atoms with Crippen LogP contribution in [0.5, 0.6) is 0 Å². The first-order valence-corrected chi connectivity index (χ1v) is 9.41. The van der Waals surface area contributed by atoms with Crippen molar-refractivity contribution in [2.75, 3.05) is 11.9 Å². The van der Waals surface area contributed by atoms with Gasteiger partial charge < -0.3 is 15.2 Å². The molecule has 0 radical (unpaired) electrons. The van der Waals surface area contributed by atoms with Crippen molar-refractivity contribution >= 4 is 17.5 Å². The Labute approximate surface area is 163 Å². The number of imidazole rings is 1. The summed E-state index contributed by atoms with van der Waals surface area (Å²) in [7, 11) is 0. The fourth-order valence-corrected chi connectivity index (χ4v) is 3.56. The number of carbonyl (C=O) groups is 2. The standard InChI is InChI=1S/C22H22N4O2/c27-21-14-18(17-8-4-5-9-19(17)25-21)22(28)24-11-10-20-23-12-13-26(20)15-16-6-2-1-3-7-16/h1-9,12-13,18H,10-11,14-15H2,(H,24,28)(H,25,27). The van der Waals surface area contributed by atoms with Crippen molar-refractivity contribution in [1.29, 1.82) is 0 Å². The molecule has 2 N–H and O–H groups in total. The van der Waals surface area contributed by atoms with Crippen molar-refractivity contribution in [1.82, 2.24) is 14.9 Å². The third kappa shape index (κ3) is 3.96. The highest BCUT2D eigenvalue weighted by Crippen LogP contribution is 2.31. The number of hydrogen-bond acceptors (Lipinski definition) is 3. The fourth-order valence-electron chi connectivity index (χ4n) is 3.56. The van der Waals surface area contributed by atoms with Gasteiger partial charge in [-0.3, -0.25) is 9.59 Å². The minimum absolute atomic E-state index is 0.122. The van der Waals surface area contributed by atoms with Crippen LogP contribution >= 0.6 is 0 Å². The number of nitrogens with one attached hydrogen (secondary N) is 2. The number of benzene rings is 2. The van der Waals surface area contributed by atoms with Crippen LogP contribution in [0.4, 0.5) is 5.69 Å². The van der Waals surface area contributed by atoms with Gasteiger partial charge >= 0.3 is 0 Å². The van der Waals surface area contributed by atoms with E-state index < -0.39 is 5.92 Å². The van der Waals surface area contributed by atoms with Crippen LogP contribution in [0.2, 0.25) is 0 Å². The van der Waals surface area contributed by atoms with Crippen molar-refractivity contribution in [2.45, 2.75) is 25.3 Å². The minimum Gasteiger partial charge on any atom is -0.355 e. The number of para-hydroxylation sites is 1. The van der Waals surface area contributed by atoms with Crippen molar-refractivity contribution in [3.8, 4) is 0 Å². The molecule has 0 fully saturated rings. The number of anilines is 1. The maximum absolute atomic E-state index is 12.7. The molecule has 6 nitrogen and oxygen atoms in total. The lowest BCUT2D eigenvalue weighted by Crippen LogP contribution is -2.36. The van der Waals surface area contributed by atoms with E-state index in [0.717, 1.165) is 23.6 Å². The third-order valence-corrected chi connectivity index (χ3v) is 4.96. The zero-order valence-corrected chi connectivity index (χ0v) is 15.5. The Morgan fingerprint density at radius 2 is 1.93 bits per heavy atom. The predicted octanol–water partition coefficient (Wildman–Crippen LogP) is 2.72. The van der Waals surface area contributed by atoms with Gasteiger partial charge in [0.2, 0.25) is 11.8 Å². The number of aromatic nitrogens is 2. The molecule has 0 aliphatic carbocycles. The molecule has 28 heavy (non-hydrogen) atoms. The van der Waals surface area contributed by atoms with E-state index in [9.17, 15) is 9.59 Å². The summed E-state index contributed by atoms with van der Waals surface area (Å²) in [5, 5.41) is 5.79. The largest absolute Gasteiger partial charge is 0.355 e. The van der Waals surface area contributed by atoms with E-state index in [1.165, 1.54) is 5.56 Å². The molecule has 0 saturated heterocycles. The third-order valence-electron chi connectivity index (χ3n) is 4.96. The van der Waals surface area contributed by atoms with Crippen molar-refractivity contribution < 1.29 is 9.59 Å². The van der Waals surface area contributed by atoms with Crippen molar-refractivity contribution in [3.63, 3.8) is 0 Å². The molecule has 6 heteroatoms. The van der Waals surface area contributed by atoms with Gasteiger partial charge in [-0.05, 0) is 17.2 Å². The van der Waals surface area contributed by atoms with Crippen LogP contribution < -0.4 is 10.6 Å². The second-order valence-electron chi connectivity index (χ2n) is 6.89. The van der Waals surface area contributed by atoms with Gasteiger partial charge in [0.05, 0.1) is 5.92 Å². The molecule has 1 atom stereocenters. The summed E-state index contributed by atoms with van der Waals surface area (Å²) in [6, 6.07) is 17.7. The van der Waals surface area contributed by atoms with Gasteiger partial charge in [0, 0.05) is 44.0 Å². The molecule has 1 aliphatic heterocycles. The first-order valence-electron chi connectivity index (χ1n) is 9.41. The summed E-state index contributed by atoms with van der Waals surface area (Å²) in [6.45, 7) is 1.23. The average Bonchev–Trinajstić information content (AvgIpc) is 3.15. The van der Waals surface area contributed by atoms with E-state index in [2.05, 4.69) is 32.3 Å². The summed E-state index contributed by atoms with van der Waals surface area (Å²) in [5.41, 5.74) is 2.79. The van der Waals surface area contributed by atoms with Crippen molar-refractivity contribution in [2.24, 2.45) is 0 Å². The molecule has 1 unspecified atom stereocenters. The van der Waals surface area contributed by atoms with Gasteiger partial charge in [0.1, 0.15) is 5.82 Å². The number of nitrogens with zero attached hydrogens (tertiary/aromatic N) is 2. The smallest absolute Gasteiger partial charge is 0.228 e. The highest BCUT2D eigenvalue weighted by molar-refractivity contribution is 6.01. The Hall–Kier alpha value is -3.41. The van der Waals surface area contributed by atoms with Crippen LogP contribution in [0.15, 0.2) is 67.0 Å². The summed E-state index contributed by atoms with van der Waals surface area (Å²) >= 11 is 0. The van der Waals surface area contributed by atoms with E-state index in [4.69, 9.17) is 0 Å². The number of rotatable bonds is 6. The van der Waals surface area contributed by atoms with Gasteiger partial charge in [-0.15, -0.1) is 0 Å². The average molecular weight is 374 g/mol. The molecule has 2 heterocycles. The topological polar surface area (TPSA) is 76.0 Å². The molecule has 142 valence electrons. The lowest BCUT2D eigenvalue weighted by molar-refractivity contribution is -0.126. The molecule has 0 bridgehead atoms. The monoisotopic (exact) mass is 374 g/mol. The first-order chi connectivity index (χ1) is 13.7. The lowest BCUT2D eigenvalue weighted by atomic mass is 9.90.